The molecule has 2 aliphatic carbocycles. The number of benzene rings is 1. The van der Waals surface area contributed by atoms with Crippen LogP contribution in [0.25, 0.3) is 5.57 Å². The van der Waals surface area contributed by atoms with Crippen LogP contribution in [0, 0.1) is 11.3 Å². The highest BCUT2D eigenvalue weighted by Gasteiger charge is 2.59. The number of ether oxygens (including phenoxy) is 2. The van der Waals surface area contributed by atoms with Gasteiger partial charge in [-0.15, -0.1) is 23.2 Å². The summed E-state index contributed by atoms with van der Waals surface area (Å²) in [6, 6.07) is 5.31. The van der Waals surface area contributed by atoms with Crippen LogP contribution in [0.5, 0.6) is 5.75 Å². The van der Waals surface area contributed by atoms with E-state index in [1.165, 1.54) is 13.8 Å². The van der Waals surface area contributed by atoms with Crippen LogP contribution in [0.3, 0.4) is 0 Å². The molecule has 0 bridgehead atoms. The van der Waals surface area contributed by atoms with Gasteiger partial charge in [-0.2, -0.15) is 0 Å². The van der Waals surface area contributed by atoms with Crippen molar-refractivity contribution in [3.8, 4) is 5.75 Å². The van der Waals surface area contributed by atoms with E-state index in [0.717, 1.165) is 16.7 Å². The van der Waals surface area contributed by atoms with E-state index >= 15 is 0 Å². The third kappa shape index (κ3) is 3.71. The standard InChI is InChI=1S/C22H24Cl2O6/c1-12(2)21-9-13-7-15(29-11-18(26)30-20(3,4)19(27)28)5-6-16(13)17(21)8-14(25)10-22(21,23)24/h5-8,12H,9-11H2,1-4H3,(H,27,28). The number of carbonyl (C=O) groups is 3. The minimum Gasteiger partial charge on any atom is -0.482 e. The molecule has 1 unspecified atom stereocenters. The summed E-state index contributed by atoms with van der Waals surface area (Å²) < 4.78 is 9.22. The molecule has 3 rings (SSSR count). The number of alkyl halides is 2. The first-order chi connectivity index (χ1) is 13.8. The summed E-state index contributed by atoms with van der Waals surface area (Å²) in [4.78, 5) is 35.3. The molecule has 0 spiro atoms. The summed E-state index contributed by atoms with van der Waals surface area (Å²) in [7, 11) is 0. The molecule has 0 amide bonds. The molecular formula is C22H24Cl2O6. The van der Waals surface area contributed by atoms with Crippen LogP contribution in [0.1, 0.15) is 45.2 Å². The zero-order chi connectivity index (χ0) is 22.5. The predicted octanol–water partition coefficient (Wildman–Crippen LogP) is 4.20. The minimum absolute atomic E-state index is 0.0559. The number of hydrogen-bond donors (Lipinski definition) is 1. The summed E-state index contributed by atoms with van der Waals surface area (Å²) in [5.74, 6) is -1.63. The Kier molecular flexibility index (Phi) is 5.71. The average Bonchev–Trinajstić information content (AvgIpc) is 2.94. The third-order valence-electron chi connectivity index (χ3n) is 5.90. The molecule has 0 fully saturated rings. The van der Waals surface area contributed by atoms with Crippen molar-refractivity contribution in [1.29, 1.82) is 0 Å². The van der Waals surface area contributed by atoms with Gasteiger partial charge < -0.3 is 14.6 Å². The van der Waals surface area contributed by atoms with Crippen molar-refractivity contribution in [2.45, 2.75) is 50.5 Å². The molecule has 1 N–H and O–H groups in total. The number of esters is 1. The van der Waals surface area contributed by atoms with Crippen molar-refractivity contribution in [3.05, 3.63) is 35.4 Å². The minimum atomic E-state index is -1.64. The molecule has 8 heteroatoms. The molecule has 0 heterocycles. The van der Waals surface area contributed by atoms with Crippen LogP contribution in [0.2, 0.25) is 0 Å². The smallest absolute Gasteiger partial charge is 0.347 e. The van der Waals surface area contributed by atoms with E-state index in [4.69, 9.17) is 37.8 Å². The molecule has 30 heavy (non-hydrogen) atoms. The van der Waals surface area contributed by atoms with Gasteiger partial charge in [-0.3, -0.25) is 4.79 Å². The number of halogens is 2. The molecule has 0 saturated heterocycles. The summed E-state index contributed by atoms with van der Waals surface area (Å²) in [5.41, 5.74) is 0.412. The number of ketones is 1. The number of allylic oxidation sites excluding steroid dienone is 2. The van der Waals surface area contributed by atoms with Crippen LogP contribution in [0.4, 0.5) is 0 Å². The number of carbonyl (C=O) groups excluding carboxylic acids is 2. The van der Waals surface area contributed by atoms with Crippen molar-refractivity contribution in [2.24, 2.45) is 11.3 Å². The second-order valence-corrected chi connectivity index (χ2v) is 10.1. The van der Waals surface area contributed by atoms with E-state index in [1.54, 1.807) is 18.2 Å². The molecule has 0 radical (unpaired) electrons. The lowest BCUT2D eigenvalue weighted by Gasteiger charge is -2.46. The summed E-state index contributed by atoms with van der Waals surface area (Å²) >= 11 is 13.4. The molecule has 162 valence electrons. The van der Waals surface area contributed by atoms with Crippen LogP contribution < -0.4 is 4.74 Å². The Morgan fingerprint density at radius 2 is 1.90 bits per heavy atom. The first kappa shape index (κ1) is 22.6. The van der Waals surface area contributed by atoms with E-state index in [0.29, 0.717) is 12.2 Å². The fraction of sp³-hybridized carbons (Fsp3) is 0.500. The molecule has 6 nitrogen and oxygen atoms in total. The Morgan fingerprint density at radius 1 is 1.23 bits per heavy atom. The van der Waals surface area contributed by atoms with Gasteiger partial charge in [0, 0.05) is 11.8 Å². The maximum Gasteiger partial charge on any atom is 0.347 e. The number of rotatable bonds is 6. The monoisotopic (exact) mass is 454 g/mol. The molecule has 1 aromatic rings. The van der Waals surface area contributed by atoms with E-state index in [2.05, 4.69) is 0 Å². The highest BCUT2D eigenvalue weighted by molar-refractivity contribution is 6.51. The van der Waals surface area contributed by atoms with Crippen LogP contribution in [0.15, 0.2) is 24.3 Å². The van der Waals surface area contributed by atoms with E-state index in [1.807, 2.05) is 19.9 Å². The molecule has 0 aliphatic heterocycles. The van der Waals surface area contributed by atoms with Gasteiger partial charge in [0.1, 0.15) is 10.1 Å². The lowest BCUT2D eigenvalue weighted by molar-refractivity contribution is -0.175. The molecule has 1 aromatic carbocycles. The van der Waals surface area contributed by atoms with Crippen LogP contribution >= 0.6 is 23.2 Å². The number of hydrogen-bond acceptors (Lipinski definition) is 5. The quantitative estimate of drug-likeness (QED) is 0.511. The first-order valence-corrected chi connectivity index (χ1v) is 10.4. The number of fused-ring (bicyclic) bond motifs is 3. The molecule has 2 aliphatic rings. The highest BCUT2D eigenvalue weighted by atomic mass is 35.5. The van der Waals surface area contributed by atoms with Gasteiger partial charge in [0.05, 0.1) is 0 Å². The Balaban J connectivity index is 1.83. The Morgan fingerprint density at radius 3 is 2.50 bits per heavy atom. The first-order valence-electron chi connectivity index (χ1n) is 9.64. The van der Waals surface area contributed by atoms with Crippen molar-refractivity contribution >= 4 is 46.5 Å². The Labute approximate surface area is 185 Å². The van der Waals surface area contributed by atoms with Gasteiger partial charge in [-0.25, -0.2) is 9.59 Å². The van der Waals surface area contributed by atoms with Crippen molar-refractivity contribution in [2.75, 3.05) is 6.61 Å². The molecular weight excluding hydrogens is 431 g/mol. The van der Waals surface area contributed by atoms with E-state index in [9.17, 15) is 14.4 Å². The zero-order valence-corrected chi connectivity index (χ0v) is 18.8. The number of carboxylic acids is 1. The maximum absolute atomic E-state index is 12.2. The van der Waals surface area contributed by atoms with Crippen molar-refractivity contribution in [1.82, 2.24) is 0 Å². The van der Waals surface area contributed by atoms with Gasteiger partial charge >= 0.3 is 11.9 Å². The lowest BCUT2D eigenvalue weighted by Crippen LogP contribution is -2.47. The normalized spacial score (nSPS) is 22.2. The zero-order valence-electron chi connectivity index (χ0n) is 17.3. The topological polar surface area (TPSA) is 89.9 Å². The summed E-state index contributed by atoms with van der Waals surface area (Å²) in [6.45, 7) is 6.21. The van der Waals surface area contributed by atoms with Crippen LogP contribution in [-0.4, -0.2) is 39.4 Å². The van der Waals surface area contributed by atoms with Gasteiger partial charge in [-0.1, -0.05) is 19.9 Å². The van der Waals surface area contributed by atoms with E-state index in [-0.39, 0.29) is 18.1 Å². The van der Waals surface area contributed by atoms with Gasteiger partial charge in [0.25, 0.3) is 0 Å². The third-order valence-corrected chi connectivity index (χ3v) is 6.84. The Bertz CT molecular complexity index is 947. The molecule has 0 saturated carbocycles. The molecule has 1 atom stereocenters. The van der Waals surface area contributed by atoms with Crippen molar-refractivity contribution < 1.29 is 29.0 Å². The lowest BCUT2D eigenvalue weighted by atomic mass is 9.65. The van der Waals surface area contributed by atoms with E-state index < -0.39 is 33.9 Å². The molecule has 0 aromatic heterocycles. The number of carboxylic acid groups (broad SMARTS) is 1. The SMILES string of the molecule is CC(C)C12Cc3cc(OCC(=O)OC(C)(C)C(=O)O)ccc3C1=CC(=O)CC2(Cl)Cl. The van der Waals surface area contributed by atoms with Crippen LogP contribution in [-0.2, 0) is 25.5 Å². The van der Waals surface area contributed by atoms with Crippen molar-refractivity contribution in [3.63, 3.8) is 0 Å². The highest BCUT2D eigenvalue weighted by Crippen LogP contribution is 2.64. The number of aliphatic carboxylic acids is 1. The fourth-order valence-corrected chi connectivity index (χ4v) is 5.30. The van der Waals surface area contributed by atoms with Gasteiger partial charge in [0.2, 0.25) is 5.60 Å². The summed E-state index contributed by atoms with van der Waals surface area (Å²) in [5, 5.41) is 9.04. The summed E-state index contributed by atoms with van der Waals surface area (Å²) in [6.07, 6.45) is 2.24. The maximum atomic E-state index is 12.2. The fourth-order valence-electron chi connectivity index (χ4n) is 4.26. The second-order valence-electron chi connectivity index (χ2n) is 8.61. The largest absolute Gasteiger partial charge is 0.482 e. The second kappa shape index (κ2) is 7.57. The Hall–Kier alpha value is -2.05. The van der Waals surface area contributed by atoms with Gasteiger partial charge in [-0.05, 0) is 61.1 Å². The van der Waals surface area contributed by atoms with Gasteiger partial charge in [0.15, 0.2) is 12.4 Å². The average molecular weight is 455 g/mol. The predicted molar refractivity (Wildman–Crippen MR) is 113 cm³/mol.